The average Bonchev–Trinajstić information content (AvgIpc) is 2.38. The number of carbonyl (C=O) groups is 1. The van der Waals surface area contributed by atoms with Crippen molar-refractivity contribution in [3.8, 4) is 0 Å². The van der Waals surface area contributed by atoms with Gasteiger partial charge in [0.1, 0.15) is 6.61 Å². The van der Waals surface area contributed by atoms with Crippen LogP contribution in [0.4, 0.5) is 8.78 Å². The van der Waals surface area contributed by atoms with Crippen molar-refractivity contribution in [3.05, 3.63) is 35.4 Å². The van der Waals surface area contributed by atoms with Crippen LogP contribution < -0.4 is 0 Å². The molecule has 0 aliphatic carbocycles. The van der Waals surface area contributed by atoms with Crippen molar-refractivity contribution in [2.75, 3.05) is 13.2 Å². The molecular formula is C14H17F2NO3. The van der Waals surface area contributed by atoms with Crippen molar-refractivity contribution in [1.29, 1.82) is 0 Å². The Morgan fingerprint density at radius 1 is 1.40 bits per heavy atom. The average molecular weight is 285 g/mol. The number of amides is 1. The number of carbonyl (C=O) groups excluding carboxylic acids is 1. The van der Waals surface area contributed by atoms with Crippen LogP contribution >= 0.6 is 0 Å². The Labute approximate surface area is 116 Å². The summed E-state index contributed by atoms with van der Waals surface area (Å²) in [6.45, 7) is 3.55. The Balaban J connectivity index is 2.35. The molecule has 0 saturated carbocycles. The molecule has 2 rings (SSSR count). The second-order valence-corrected chi connectivity index (χ2v) is 5.03. The first-order valence-electron chi connectivity index (χ1n) is 6.44. The third-order valence-electron chi connectivity index (χ3n) is 3.34. The molecule has 0 radical (unpaired) electrons. The minimum Gasteiger partial charge on any atom is -0.391 e. The van der Waals surface area contributed by atoms with Gasteiger partial charge in [-0.15, -0.1) is 0 Å². The fourth-order valence-corrected chi connectivity index (χ4v) is 2.41. The van der Waals surface area contributed by atoms with Crippen LogP contribution in [0.1, 0.15) is 25.5 Å². The van der Waals surface area contributed by atoms with E-state index >= 15 is 0 Å². The first-order chi connectivity index (χ1) is 9.40. The van der Waals surface area contributed by atoms with Gasteiger partial charge in [0, 0.05) is 6.54 Å². The van der Waals surface area contributed by atoms with Crippen LogP contribution in [0, 0.1) is 11.6 Å². The summed E-state index contributed by atoms with van der Waals surface area (Å²) >= 11 is 0. The number of rotatable bonds is 3. The van der Waals surface area contributed by atoms with Gasteiger partial charge in [-0.1, -0.05) is 6.07 Å². The van der Waals surface area contributed by atoms with Crippen molar-refractivity contribution >= 4 is 5.91 Å². The monoisotopic (exact) mass is 285 g/mol. The lowest BCUT2D eigenvalue weighted by Gasteiger charge is -2.38. The lowest BCUT2D eigenvalue weighted by Crippen LogP contribution is -2.49. The van der Waals surface area contributed by atoms with E-state index in [1.807, 2.05) is 6.92 Å². The highest BCUT2D eigenvalue weighted by Crippen LogP contribution is 2.28. The molecule has 1 aromatic carbocycles. The molecule has 1 amide bonds. The normalized spacial score (nSPS) is 22.8. The van der Waals surface area contributed by atoms with Crippen LogP contribution in [0.25, 0.3) is 0 Å². The number of hydrogen-bond donors (Lipinski definition) is 1. The molecule has 0 bridgehead atoms. The Hall–Kier alpha value is -1.53. The highest BCUT2D eigenvalue weighted by atomic mass is 19.2. The molecule has 3 atom stereocenters. The first kappa shape index (κ1) is 14.9. The van der Waals surface area contributed by atoms with Gasteiger partial charge in [-0.2, -0.15) is 0 Å². The maximum absolute atomic E-state index is 13.4. The summed E-state index contributed by atoms with van der Waals surface area (Å²) in [5.41, 5.74) is 0.362. The highest BCUT2D eigenvalue weighted by Gasteiger charge is 2.33. The fraction of sp³-hybridized carbons (Fsp3) is 0.500. The van der Waals surface area contributed by atoms with Crippen LogP contribution in [0.2, 0.25) is 0 Å². The van der Waals surface area contributed by atoms with E-state index in [2.05, 4.69) is 0 Å². The third-order valence-corrected chi connectivity index (χ3v) is 3.34. The summed E-state index contributed by atoms with van der Waals surface area (Å²) in [6, 6.07) is 2.67. The van der Waals surface area contributed by atoms with Gasteiger partial charge in [-0.3, -0.25) is 4.79 Å². The van der Waals surface area contributed by atoms with Gasteiger partial charge in [0.15, 0.2) is 11.6 Å². The van der Waals surface area contributed by atoms with E-state index in [9.17, 15) is 18.7 Å². The quantitative estimate of drug-likeness (QED) is 0.918. The molecule has 0 aromatic heterocycles. The standard InChI is InChI=1S/C14H17F2NO3/c1-8-6-17(13(19)7-20-8)14(9(2)18)10-3-4-11(15)12(16)5-10/h3-5,8-9,14,18H,6-7H2,1-2H3/t8-,9+,14-/m0/s1. The van der Waals surface area contributed by atoms with Crippen molar-refractivity contribution in [2.24, 2.45) is 0 Å². The van der Waals surface area contributed by atoms with Crippen LogP contribution in [-0.4, -0.2) is 41.3 Å². The summed E-state index contributed by atoms with van der Waals surface area (Å²) in [4.78, 5) is 13.4. The summed E-state index contributed by atoms with van der Waals surface area (Å²) < 4.78 is 31.6. The first-order valence-corrected chi connectivity index (χ1v) is 6.44. The van der Waals surface area contributed by atoms with Crippen molar-refractivity contribution in [2.45, 2.75) is 32.1 Å². The highest BCUT2D eigenvalue weighted by molar-refractivity contribution is 5.78. The van der Waals surface area contributed by atoms with E-state index in [1.54, 1.807) is 0 Å². The Morgan fingerprint density at radius 2 is 2.10 bits per heavy atom. The molecule has 0 spiro atoms. The van der Waals surface area contributed by atoms with Crippen LogP contribution in [0.15, 0.2) is 18.2 Å². The van der Waals surface area contributed by atoms with Crippen molar-refractivity contribution < 1.29 is 23.4 Å². The number of hydrogen-bond acceptors (Lipinski definition) is 3. The molecule has 0 unspecified atom stereocenters. The second kappa shape index (κ2) is 5.85. The van der Waals surface area contributed by atoms with Gasteiger partial charge in [0.05, 0.1) is 18.2 Å². The molecule has 1 heterocycles. The molecule has 110 valence electrons. The molecule has 4 nitrogen and oxygen atoms in total. The lowest BCUT2D eigenvalue weighted by molar-refractivity contribution is -0.154. The molecule has 1 N–H and O–H groups in total. The van der Waals surface area contributed by atoms with Crippen LogP contribution in [0.3, 0.4) is 0 Å². The number of morpholine rings is 1. The topological polar surface area (TPSA) is 49.8 Å². The van der Waals surface area contributed by atoms with Crippen LogP contribution in [0.5, 0.6) is 0 Å². The molecule has 1 saturated heterocycles. The summed E-state index contributed by atoms with van der Waals surface area (Å²) in [5, 5.41) is 9.93. The smallest absolute Gasteiger partial charge is 0.249 e. The number of aliphatic hydroxyl groups excluding tert-OH is 1. The van der Waals surface area contributed by atoms with Gasteiger partial charge < -0.3 is 14.7 Å². The fourth-order valence-electron chi connectivity index (χ4n) is 2.41. The maximum Gasteiger partial charge on any atom is 0.249 e. The minimum absolute atomic E-state index is 0.0753. The number of nitrogens with zero attached hydrogens (tertiary/aromatic N) is 1. The zero-order valence-electron chi connectivity index (χ0n) is 11.3. The predicted molar refractivity (Wildman–Crippen MR) is 67.9 cm³/mol. The Bertz CT molecular complexity index is 507. The summed E-state index contributed by atoms with van der Waals surface area (Å²) in [7, 11) is 0. The number of aliphatic hydroxyl groups is 1. The van der Waals surface area contributed by atoms with Gasteiger partial charge >= 0.3 is 0 Å². The van der Waals surface area contributed by atoms with Gasteiger partial charge in [0.2, 0.25) is 5.91 Å². The minimum atomic E-state index is -0.998. The SMILES string of the molecule is C[C@H]1CN([C@H](c2ccc(F)c(F)c2)[C@@H](C)O)C(=O)CO1. The van der Waals surface area contributed by atoms with Gasteiger partial charge in [-0.05, 0) is 31.5 Å². The van der Waals surface area contributed by atoms with E-state index in [1.165, 1.54) is 17.9 Å². The number of benzene rings is 1. The molecule has 1 aromatic rings. The van der Waals surface area contributed by atoms with Gasteiger partial charge in [-0.25, -0.2) is 8.78 Å². The predicted octanol–water partition coefficient (Wildman–Crippen LogP) is 1.63. The zero-order chi connectivity index (χ0) is 14.9. The molecule has 1 aliphatic heterocycles. The lowest BCUT2D eigenvalue weighted by atomic mass is 9.99. The van der Waals surface area contributed by atoms with Crippen LogP contribution in [-0.2, 0) is 9.53 Å². The van der Waals surface area contributed by atoms with Crippen molar-refractivity contribution in [3.63, 3.8) is 0 Å². The molecule has 20 heavy (non-hydrogen) atoms. The zero-order valence-corrected chi connectivity index (χ0v) is 11.3. The molecule has 1 fully saturated rings. The molecule has 6 heteroatoms. The number of ether oxygens (including phenoxy) is 1. The van der Waals surface area contributed by atoms with Crippen molar-refractivity contribution in [1.82, 2.24) is 4.90 Å². The summed E-state index contributed by atoms with van der Waals surface area (Å²) in [5.74, 6) is -2.24. The molecular weight excluding hydrogens is 268 g/mol. The maximum atomic E-state index is 13.4. The molecule has 1 aliphatic rings. The van der Waals surface area contributed by atoms with E-state index in [0.717, 1.165) is 12.1 Å². The van der Waals surface area contributed by atoms with E-state index in [0.29, 0.717) is 12.1 Å². The summed E-state index contributed by atoms with van der Waals surface area (Å²) in [6.07, 6.45) is -1.08. The Morgan fingerprint density at radius 3 is 2.70 bits per heavy atom. The van der Waals surface area contributed by atoms with E-state index in [4.69, 9.17) is 4.74 Å². The largest absolute Gasteiger partial charge is 0.391 e. The van der Waals surface area contributed by atoms with E-state index in [-0.39, 0.29) is 18.6 Å². The number of halogens is 2. The third kappa shape index (κ3) is 2.96. The second-order valence-electron chi connectivity index (χ2n) is 5.03. The van der Waals surface area contributed by atoms with Gasteiger partial charge in [0.25, 0.3) is 0 Å². The van der Waals surface area contributed by atoms with E-state index < -0.39 is 23.8 Å². The Kier molecular flexibility index (Phi) is 4.35.